The Labute approximate surface area is 158 Å². The van der Waals surface area contributed by atoms with Crippen molar-refractivity contribution in [3.05, 3.63) is 29.3 Å². The molecule has 1 N–H and O–H groups in total. The van der Waals surface area contributed by atoms with Crippen LogP contribution >= 0.6 is 0 Å². The predicted molar refractivity (Wildman–Crippen MR) is 101 cm³/mol. The van der Waals surface area contributed by atoms with Gasteiger partial charge in [0.05, 0.1) is 17.2 Å². The number of Topliss-reactive ketones (excluding diaryl/α,β-unsaturated/α-hetero) is 2. The normalized spacial score (nSPS) is 17.9. The third kappa shape index (κ3) is 3.78. The van der Waals surface area contributed by atoms with Crippen LogP contribution in [0.4, 0.5) is 5.69 Å². The number of carbonyl (C=O) groups is 4. The lowest BCUT2D eigenvalue weighted by Gasteiger charge is -2.29. The minimum atomic E-state index is -0.893. The topological polar surface area (TPSA) is 86.8 Å². The number of piperazine rings is 1. The Balaban J connectivity index is 1.85. The Morgan fingerprint density at radius 1 is 1.11 bits per heavy atom. The summed E-state index contributed by atoms with van der Waals surface area (Å²) >= 11 is 0. The zero-order valence-electron chi connectivity index (χ0n) is 15.8. The minimum absolute atomic E-state index is 0.0128. The second-order valence-corrected chi connectivity index (χ2v) is 7.00. The molecule has 7 heteroatoms. The van der Waals surface area contributed by atoms with Crippen LogP contribution in [0.15, 0.2) is 18.2 Å². The molecule has 1 unspecified atom stereocenters. The average molecular weight is 371 g/mol. The number of hydrogen-bond donors (Lipinski definition) is 1. The van der Waals surface area contributed by atoms with Crippen LogP contribution in [0.5, 0.6) is 0 Å². The molecule has 27 heavy (non-hydrogen) atoms. The second kappa shape index (κ2) is 8.00. The van der Waals surface area contributed by atoms with E-state index in [2.05, 4.69) is 10.2 Å². The molecular formula is C20H25N3O4. The fourth-order valence-corrected chi connectivity index (χ4v) is 3.64. The number of rotatable bonds is 7. The number of ketones is 2. The molecule has 144 valence electrons. The van der Waals surface area contributed by atoms with E-state index in [1.165, 1.54) is 6.92 Å². The van der Waals surface area contributed by atoms with Crippen LogP contribution in [0, 0.1) is 0 Å². The third-order valence-corrected chi connectivity index (χ3v) is 5.26. The van der Waals surface area contributed by atoms with E-state index in [0.29, 0.717) is 17.5 Å². The molecule has 2 amide bonds. The summed E-state index contributed by atoms with van der Waals surface area (Å²) < 4.78 is 0. The van der Waals surface area contributed by atoms with Gasteiger partial charge in [0.1, 0.15) is 5.78 Å². The maximum absolute atomic E-state index is 12.9. The molecule has 0 spiro atoms. The summed E-state index contributed by atoms with van der Waals surface area (Å²) in [6, 6.07) is 4.37. The summed E-state index contributed by atoms with van der Waals surface area (Å²) in [6.07, 6.45) is 0.735. The fraction of sp³-hybridized carbons (Fsp3) is 0.500. The van der Waals surface area contributed by atoms with Crippen molar-refractivity contribution in [2.75, 3.05) is 31.1 Å². The Kier molecular flexibility index (Phi) is 5.70. The number of hydrogen-bond acceptors (Lipinski definition) is 6. The van der Waals surface area contributed by atoms with E-state index in [0.717, 1.165) is 36.8 Å². The Hall–Kier alpha value is -2.54. The van der Waals surface area contributed by atoms with Gasteiger partial charge in [-0.15, -0.1) is 0 Å². The molecule has 2 aliphatic heterocycles. The van der Waals surface area contributed by atoms with Gasteiger partial charge in [-0.25, -0.2) is 0 Å². The molecular weight excluding hydrogens is 346 g/mol. The van der Waals surface area contributed by atoms with Gasteiger partial charge < -0.3 is 10.2 Å². The summed E-state index contributed by atoms with van der Waals surface area (Å²) in [5.41, 5.74) is 1.56. The van der Waals surface area contributed by atoms with Gasteiger partial charge in [0, 0.05) is 44.7 Å². The first kappa shape index (κ1) is 19.2. The number of benzene rings is 1. The highest BCUT2D eigenvalue weighted by molar-refractivity contribution is 6.23. The number of nitrogens with one attached hydrogen (secondary N) is 1. The van der Waals surface area contributed by atoms with Crippen molar-refractivity contribution >= 4 is 29.1 Å². The summed E-state index contributed by atoms with van der Waals surface area (Å²) in [4.78, 5) is 52.7. The quantitative estimate of drug-likeness (QED) is 0.730. The first-order valence-corrected chi connectivity index (χ1v) is 9.43. The number of anilines is 1. The molecule has 1 fully saturated rings. The molecule has 0 saturated carbocycles. The molecule has 1 atom stereocenters. The van der Waals surface area contributed by atoms with Crippen LogP contribution in [0.25, 0.3) is 0 Å². The zero-order valence-corrected chi connectivity index (χ0v) is 15.8. The average Bonchev–Trinajstić information content (AvgIpc) is 2.93. The Bertz CT molecular complexity index is 783. The predicted octanol–water partition coefficient (Wildman–Crippen LogP) is 1.41. The van der Waals surface area contributed by atoms with Crippen LogP contribution in [-0.4, -0.2) is 60.5 Å². The fourth-order valence-electron chi connectivity index (χ4n) is 3.64. The van der Waals surface area contributed by atoms with E-state index in [9.17, 15) is 19.2 Å². The van der Waals surface area contributed by atoms with E-state index in [1.807, 2.05) is 6.07 Å². The molecule has 0 aliphatic carbocycles. The highest BCUT2D eigenvalue weighted by Gasteiger charge is 2.41. The lowest BCUT2D eigenvalue weighted by atomic mass is 10.0. The Morgan fingerprint density at radius 2 is 1.78 bits per heavy atom. The summed E-state index contributed by atoms with van der Waals surface area (Å²) in [5.74, 6) is -1.17. The van der Waals surface area contributed by atoms with Gasteiger partial charge in [-0.05, 0) is 31.5 Å². The van der Waals surface area contributed by atoms with Crippen molar-refractivity contribution in [1.82, 2.24) is 10.2 Å². The maximum Gasteiger partial charge on any atom is 0.262 e. The molecule has 2 heterocycles. The van der Waals surface area contributed by atoms with Crippen molar-refractivity contribution in [1.29, 1.82) is 0 Å². The SMILES string of the molecule is CCC(=O)CCC(C(C)=O)N1C(=O)c2ccc(N3CCNCC3)cc2C1=O. The number of carbonyl (C=O) groups excluding carboxylic acids is 4. The molecule has 3 rings (SSSR count). The van der Waals surface area contributed by atoms with Crippen LogP contribution in [0.2, 0.25) is 0 Å². The van der Waals surface area contributed by atoms with Gasteiger partial charge in [-0.2, -0.15) is 0 Å². The molecule has 1 aromatic rings. The minimum Gasteiger partial charge on any atom is -0.369 e. The van der Waals surface area contributed by atoms with E-state index in [4.69, 9.17) is 0 Å². The van der Waals surface area contributed by atoms with Crippen LogP contribution in [-0.2, 0) is 9.59 Å². The van der Waals surface area contributed by atoms with Gasteiger partial charge in [-0.1, -0.05) is 6.92 Å². The lowest BCUT2D eigenvalue weighted by Crippen LogP contribution is -2.44. The van der Waals surface area contributed by atoms with Gasteiger partial charge in [0.15, 0.2) is 5.78 Å². The van der Waals surface area contributed by atoms with Gasteiger partial charge >= 0.3 is 0 Å². The van der Waals surface area contributed by atoms with E-state index < -0.39 is 17.9 Å². The van der Waals surface area contributed by atoms with Gasteiger partial charge in [-0.3, -0.25) is 24.1 Å². The van der Waals surface area contributed by atoms with Crippen LogP contribution < -0.4 is 10.2 Å². The first-order valence-electron chi connectivity index (χ1n) is 9.43. The lowest BCUT2D eigenvalue weighted by molar-refractivity contribution is -0.122. The van der Waals surface area contributed by atoms with Crippen LogP contribution in [0.3, 0.4) is 0 Å². The van der Waals surface area contributed by atoms with Gasteiger partial charge in [0.2, 0.25) is 0 Å². The Morgan fingerprint density at radius 3 is 2.41 bits per heavy atom. The summed E-state index contributed by atoms with van der Waals surface area (Å²) in [6.45, 7) is 6.52. The van der Waals surface area contributed by atoms with Crippen molar-refractivity contribution < 1.29 is 19.2 Å². The monoisotopic (exact) mass is 371 g/mol. The standard InChI is InChI=1S/C20H25N3O4/c1-3-15(25)5-7-18(13(2)24)23-19(26)16-6-4-14(12-17(16)20(23)27)22-10-8-21-9-11-22/h4,6,12,18,21H,3,5,7-11H2,1-2H3. The molecule has 0 bridgehead atoms. The zero-order chi connectivity index (χ0) is 19.6. The first-order chi connectivity index (χ1) is 12.9. The maximum atomic E-state index is 12.9. The molecule has 0 radical (unpaired) electrons. The number of imide groups is 1. The second-order valence-electron chi connectivity index (χ2n) is 7.00. The van der Waals surface area contributed by atoms with Crippen molar-refractivity contribution in [2.45, 2.75) is 39.2 Å². The molecule has 7 nitrogen and oxygen atoms in total. The van der Waals surface area contributed by atoms with Crippen molar-refractivity contribution in [3.8, 4) is 0 Å². The number of nitrogens with zero attached hydrogens (tertiary/aromatic N) is 2. The molecule has 1 saturated heterocycles. The van der Waals surface area contributed by atoms with Crippen LogP contribution in [0.1, 0.15) is 53.8 Å². The van der Waals surface area contributed by atoms with E-state index in [-0.39, 0.29) is 24.4 Å². The highest BCUT2D eigenvalue weighted by Crippen LogP contribution is 2.30. The van der Waals surface area contributed by atoms with Gasteiger partial charge in [0.25, 0.3) is 11.8 Å². The number of fused-ring (bicyclic) bond motifs is 1. The van der Waals surface area contributed by atoms with Crippen molar-refractivity contribution in [3.63, 3.8) is 0 Å². The highest BCUT2D eigenvalue weighted by atomic mass is 16.2. The largest absolute Gasteiger partial charge is 0.369 e. The number of amides is 2. The third-order valence-electron chi connectivity index (χ3n) is 5.26. The summed E-state index contributed by atoms with van der Waals surface area (Å²) in [5, 5.41) is 3.28. The molecule has 2 aliphatic rings. The molecule has 1 aromatic carbocycles. The van der Waals surface area contributed by atoms with E-state index >= 15 is 0 Å². The smallest absolute Gasteiger partial charge is 0.262 e. The summed E-state index contributed by atoms with van der Waals surface area (Å²) in [7, 11) is 0. The molecule has 0 aromatic heterocycles. The van der Waals surface area contributed by atoms with E-state index in [1.54, 1.807) is 19.1 Å². The van der Waals surface area contributed by atoms with Crippen molar-refractivity contribution in [2.24, 2.45) is 0 Å².